The van der Waals surface area contributed by atoms with Crippen LogP contribution in [0.1, 0.15) is 37.7 Å². The Bertz CT molecular complexity index is 495. The molecule has 1 aromatic carbocycles. The lowest BCUT2D eigenvalue weighted by atomic mass is 10.0. The molecule has 2 rings (SSSR count). The topological polar surface area (TPSA) is 46.2 Å². The number of nitrogens with one attached hydrogen (secondary N) is 1. The summed E-state index contributed by atoms with van der Waals surface area (Å²) in [6.07, 6.45) is 4.82. The van der Waals surface area contributed by atoms with E-state index in [1.54, 1.807) is 0 Å². The third-order valence-electron chi connectivity index (χ3n) is 3.36. The molecule has 0 spiro atoms. The van der Waals surface area contributed by atoms with Crippen LogP contribution in [0.15, 0.2) is 28.7 Å². The monoisotopic (exact) mass is 331 g/mol. The summed E-state index contributed by atoms with van der Waals surface area (Å²) in [4.78, 5) is 0. The zero-order valence-electron chi connectivity index (χ0n) is 10.2. The fraction of sp³-hybridized carbons (Fsp3) is 0.538. The van der Waals surface area contributed by atoms with Gasteiger partial charge in [0.1, 0.15) is 0 Å². The molecule has 0 atom stereocenters. The molecule has 0 heterocycles. The van der Waals surface area contributed by atoms with Crippen LogP contribution in [0.3, 0.4) is 0 Å². The fourth-order valence-corrected chi connectivity index (χ4v) is 4.33. The summed E-state index contributed by atoms with van der Waals surface area (Å²) in [5.74, 6) is 0. The van der Waals surface area contributed by atoms with Gasteiger partial charge in [-0.05, 0) is 30.5 Å². The number of halogens is 1. The number of rotatable bonds is 4. The van der Waals surface area contributed by atoms with Crippen LogP contribution < -0.4 is 4.72 Å². The summed E-state index contributed by atoms with van der Waals surface area (Å²) in [5, 5.41) is -0.196. The fourth-order valence-electron chi connectivity index (χ4n) is 2.32. The van der Waals surface area contributed by atoms with Crippen LogP contribution in [0.4, 0.5) is 0 Å². The van der Waals surface area contributed by atoms with Crippen LogP contribution in [0.5, 0.6) is 0 Å². The van der Waals surface area contributed by atoms with Crippen molar-refractivity contribution in [3.8, 4) is 0 Å². The molecule has 1 aliphatic rings. The number of benzene rings is 1. The average Bonchev–Trinajstić information content (AvgIpc) is 2.38. The van der Waals surface area contributed by atoms with Gasteiger partial charge in [0, 0.05) is 11.0 Å². The van der Waals surface area contributed by atoms with Gasteiger partial charge in [-0.25, -0.2) is 13.1 Å². The van der Waals surface area contributed by atoms with Crippen molar-refractivity contribution in [3.63, 3.8) is 0 Å². The normalized spacial score (nSPS) is 17.8. The Morgan fingerprint density at radius 1 is 1.22 bits per heavy atom. The van der Waals surface area contributed by atoms with Crippen molar-refractivity contribution < 1.29 is 8.42 Å². The maximum atomic E-state index is 12.1. The van der Waals surface area contributed by atoms with Crippen molar-refractivity contribution in [2.24, 2.45) is 0 Å². The third kappa shape index (κ3) is 3.80. The summed E-state index contributed by atoms with van der Waals surface area (Å²) < 4.78 is 27.9. The Morgan fingerprint density at radius 3 is 2.61 bits per heavy atom. The molecule has 0 unspecified atom stereocenters. The predicted octanol–water partition coefficient (Wildman–Crippen LogP) is 3.20. The summed E-state index contributed by atoms with van der Waals surface area (Å²) in [6, 6.07) is 7.70. The van der Waals surface area contributed by atoms with Gasteiger partial charge >= 0.3 is 0 Å². The first-order chi connectivity index (χ1) is 8.58. The molecule has 1 saturated carbocycles. The standard InChI is InChI=1S/C13H18BrNO2S/c14-12-6-4-5-11(9-12)10-15-18(16,17)13-7-2-1-3-8-13/h4-6,9,13,15H,1-3,7-8,10H2. The highest BCUT2D eigenvalue weighted by Gasteiger charge is 2.26. The third-order valence-corrected chi connectivity index (χ3v) is 5.75. The molecule has 100 valence electrons. The first kappa shape index (κ1) is 14.0. The maximum absolute atomic E-state index is 12.1. The lowest BCUT2D eigenvalue weighted by Crippen LogP contribution is -2.35. The van der Waals surface area contributed by atoms with Crippen LogP contribution in [0.2, 0.25) is 0 Å². The van der Waals surface area contributed by atoms with Crippen molar-refractivity contribution >= 4 is 26.0 Å². The lowest BCUT2D eigenvalue weighted by molar-refractivity contribution is 0.477. The van der Waals surface area contributed by atoms with E-state index in [1.165, 1.54) is 0 Å². The van der Waals surface area contributed by atoms with Crippen LogP contribution in [0, 0.1) is 0 Å². The van der Waals surface area contributed by atoms with Gasteiger partial charge < -0.3 is 0 Å². The highest BCUT2D eigenvalue weighted by Crippen LogP contribution is 2.23. The van der Waals surface area contributed by atoms with E-state index in [4.69, 9.17) is 0 Å². The molecule has 0 bridgehead atoms. The molecule has 1 aromatic rings. The van der Waals surface area contributed by atoms with Gasteiger partial charge in [-0.1, -0.05) is 47.3 Å². The van der Waals surface area contributed by atoms with Gasteiger partial charge in [0.25, 0.3) is 0 Å². The second-order valence-electron chi connectivity index (χ2n) is 4.76. The summed E-state index contributed by atoms with van der Waals surface area (Å²) >= 11 is 3.38. The Labute approximate surface area is 117 Å². The Morgan fingerprint density at radius 2 is 1.94 bits per heavy atom. The van der Waals surface area contributed by atoms with E-state index in [9.17, 15) is 8.42 Å². The minimum Gasteiger partial charge on any atom is -0.212 e. The summed E-state index contributed by atoms with van der Waals surface area (Å²) in [6.45, 7) is 0.373. The second-order valence-corrected chi connectivity index (χ2v) is 7.72. The molecule has 5 heteroatoms. The average molecular weight is 332 g/mol. The molecule has 18 heavy (non-hydrogen) atoms. The van der Waals surface area contributed by atoms with Crippen LogP contribution in [-0.2, 0) is 16.6 Å². The van der Waals surface area contributed by atoms with E-state index in [0.717, 1.165) is 42.1 Å². The largest absolute Gasteiger partial charge is 0.214 e. The van der Waals surface area contributed by atoms with Gasteiger partial charge in [0.2, 0.25) is 10.0 Å². The van der Waals surface area contributed by atoms with E-state index < -0.39 is 10.0 Å². The van der Waals surface area contributed by atoms with E-state index in [2.05, 4.69) is 20.7 Å². The number of hydrogen-bond acceptors (Lipinski definition) is 2. The molecule has 1 aliphatic carbocycles. The first-order valence-electron chi connectivity index (χ1n) is 6.31. The van der Waals surface area contributed by atoms with Crippen LogP contribution in [0.25, 0.3) is 0 Å². The minimum absolute atomic E-state index is 0.196. The molecule has 3 nitrogen and oxygen atoms in total. The molecule has 1 N–H and O–H groups in total. The molecular weight excluding hydrogens is 314 g/mol. The first-order valence-corrected chi connectivity index (χ1v) is 8.65. The summed E-state index contributed by atoms with van der Waals surface area (Å²) in [7, 11) is -3.16. The van der Waals surface area contributed by atoms with E-state index in [1.807, 2.05) is 24.3 Å². The smallest absolute Gasteiger partial charge is 0.212 e. The Kier molecular flexibility index (Phi) is 4.81. The van der Waals surface area contributed by atoms with E-state index in [0.29, 0.717) is 6.54 Å². The zero-order valence-corrected chi connectivity index (χ0v) is 12.6. The van der Waals surface area contributed by atoms with Gasteiger partial charge in [-0.15, -0.1) is 0 Å². The van der Waals surface area contributed by atoms with Crippen molar-refractivity contribution in [3.05, 3.63) is 34.3 Å². The molecule has 0 aromatic heterocycles. The molecule has 0 saturated heterocycles. The second kappa shape index (κ2) is 6.17. The Balaban J connectivity index is 1.96. The highest BCUT2D eigenvalue weighted by atomic mass is 79.9. The van der Waals surface area contributed by atoms with Crippen molar-refractivity contribution in [1.82, 2.24) is 4.72 Å². The Hall–Kier alpha value is -0.390. The van der Waals surface area contributed by atoms with Gasteiger partial charge in [-0.2, -0.15) is 0 Å². The molecule has 1 fully saturated rings. The van der Waals surface area contributed by atoms with Crippen LogP contribution >= 0.6 is 15.9 Å². The quantitative estimate of drug-likeness (QED) is 0.920. The molecule has 0 amide bonds. The van der Waals surface area contributed by atoms with E-state index >= 15 is 0 Å². The summed E-state index contributed by atoms with van der Waals surface area (Å²) in [5.41, 5.74) is 0.976. The van der Waals surface area contributed by atoms with Crippen molar-refractivity contribution in [2.75, 3.05) is 0 Å². The maximum Gasteiger partial charge on any atom is 0.214 e. The van der Waals surface area contributed by atoms with Gasteiger partial charge in [0.15, 0.2) is 0 Å². The molecule has 0 radical (unpaired) electrons. The van der Waals surface area contributed by atoms with Crippen LogP contribution in [-0.4, -0.2) is 13.7 Å². The van der Waals surface area contributed by atoms with Gasteiger partial charge in [-0.3, -0.25) is 0 Å². The predicted molar refractivity (Wildman–Crippen MR) is 76.8 cm³/mol. The minimum atomic E-state index is -3.16. The number of sulfonamides is 1. The molecule has 0 aliphatic heterocycles. The highest BCUT2D eigenvalue weighted by molar-refractivity contribution is 9.10. The van der Waals surface area contributed by atoms with Gasteiger partial charge in [0.05, 0.1) is 5.25 Å². The SMILES string of the molecule is O=S(=O)(NCc1cccc(Br)c1)C1CCCCC1. The molecular formula is C13H18BrNO2S. The van der Waals surface area contributed by atoms with Crippen molar-refractivity contribution in [1.29, 1.82) is 0 Å². The zero-order chi connectivity index (χ0) is 13.0. The van der Waals surface area contributed by atoms with E-state index in [-0.39, 0.29) is 5.25 Å². The number of hydrogen-bond donors (Lipinski definition) is 1. The lowest BCUT2D eigenvalue weighted by Gasteiger charge is -2.22. The van der Waals surface area contributed by atoms with Crippen molar-refractivity contribution in [2.45, 2.75) is 43.9 Å².